The van der Waals surface area contributed by atoms with E-state index in [9.17, 15) is 13.2 Å². The van der Waals surface area contributed by atoms with Gasteiger partial charge in [0.25, 0.3) is 0 Å². The SMILES string of the molecule is COC(=O)CCS(=O)(=O)N1CCCC(CN)C1. The molecule has 100 valence electrons. The van der Waals surface area contributed by atoms with Gasteiger partial charge in [-0.2, -0.15) is 0 Å². The van der Waals surface area contributed by atoms with Crippen molar-refractivity contribution in [1.82, 2.24) is 4.31 Å². The smallest absolute Gasteiger partial charge is 0.306 e. The van der Waals surface area contributed by atoms with E-state index in [1.54, 1.807) is 0 Å². The van der Waals surface area contributed by atoms with Crippen molar-refractivity contribution in [2.45, 2.75) is 19.3 Å². The zero-order valence-electron chi connectivity index (χ0n) is 10.1. The van der Waals surface area contributed by atoms with Crippen LogP contribution in [0.25, 0.3) is 0 Å². The van der Waals surface area contributed by atoms with Crippen LogP contribution in [-0.2, 0) is 19.6 Å². The van der Waals surface area contributed by atoms with Gasteiger partial charge >= 0.3 is 5.97 Å². The monoisotopic (exact) mass is 264 g/mol. The Kier molecular flexibility index (Phi) is 5.35. The van der Waals surface area contributed by atoms with E-state index in [2.05, 4.69) is 4.74 Å². The Morgan fingerprint density at radius 2 is 2.24 bits per heavy atom. The van der Waals surface area contributed by atoms with Gasteiger partial charge < -0.3 is 10.5 Å². The number of carbonyl (C=O) groups is 1. The quantitative estimate of drug-likeness (QED) is 0.679. The maximum atomic E-state index is 11.9. The second kappa shape index (κ2) is 6.32. The molecule has 17 heavy (non-hydrogen) atoms. The molecular weight excluding hydrogens is 244 g/mol. The number of sulfonamides is 1. The van der Waals surface area contributed by atoms with Gasteiger partial charge in [0.15, 0.2) is 0 Å². The van der Waals surface area contributed by atoms with Gasteiger partial charge in [-0.15, -0.1) is 0 Å². The predicted octanol–water partition coefficient (Wildman–Crippen LogP) is -0.450. The second-order valence-electron chi connectivity index (χ2n) is 4.24. The maximum Gasteiger partial charge on any atom is 0.306 e. The first-order chi connectivity index (χ1) is 7.99. The van der Waals surface area contributed by atoms with Crippen molar-refractivity contribution in [1.29, 1.82) is 0 Å². The molecule has 0 aliphatic carbocycles. The molecule has 0 radical (unpaired) electrons. The molecule has 1 fully saturated rings. The molecule has 0 spiro atoms. The van der Waals surface area contributed by atoms with E-state index in [-0.39, 0.29) is 18.1 Å². The molecule has 1 rings (SSSR count). The summed E-state index contributed by atoms with van der Waals surface area (Å²) in [6.07, 6.45) is 1.71. The molecule has 2 N–H and O–H groups in total. The first-order valence-electron chi connectivity index (χ1n) is 5.74. The molecule has 1 unspecified atom stereocenters. The molecule has 6 nitrogen and oxygen atoms in total. The van der Waals surface area contributed by atoms with Crippen molar-refractivity contribution in [2.75, 3.05) is 32.5 Å². The molecule has 1 atom stereocenters. The number of nitrogens with zero attached hydrogens (tertiary/aromatic N) is 1. The number of rotatable bonds is 5. The molecular formula is C10H20N2O4S. The first kappa shape index (κ1) is 14.4. The largest absolute Gasteiger partial charge is 0.469 e. The summed E-state index contributed by atoms with van der Waals surface area (Å²) in [6.45, 7) is 1.50. The molecule has 1 aliphatic heterocycles. The molecule has 0 aromatic rings. The lowest BCUT2D eigenvalue weighted by Gasteiger charge is -2.31. The van der Waals surface area contributed by atoms with Gasteiger partial charge in [-0.1, -0.05) is 0 Å². The molecule has 7 heteroatoms. The van der Waals surface area contributed by atoms with E-state index in [0.717, 1.165) is 12.8 Å². The Morgan fingerprint density at radius 3 is 2.82 bits per heavy atom. The van der Waals surface area contributed by atoms with Crippen LogP contribution in [0.5, 0.6) is 0 Å². The third-order valence-corrected chi connectivity index (χ3v) is 4.84. The summed E-state index contributed by atoms with van der Waals surface area (Å²) in [5.74, 6) is -0.450. The standard InChI is InChI=1S/C10H20N2O4S/c1-16-10(13)4-6-17(14,15)12-5-2-3-9(7-11)8-12/h9H,2-8,11H2,1H3. The van der Waals surface area contributed by atoms with Gasteiger partial charge in [-0.05, 0) is 25.3 Å². The van der Waals surface area contributed by atoms with Crippen molar-refractivity contribution in [2.24, 2.45) is 11.7 Å². The summed E-state index contributed by atoms with van der Waals surface area (Å²) < 4.78 is 29.8. The van der Waals surface area contributed by atoms with Crippen LogP contribution in [0.3, 0.4) is 0 Å². The van der Waals surface area contributed by atoms with Crippen molar-refractivity contribution in [3.05, 3.63) is 0 Å². The van der Waals surface area contributed by atoms with Crippen LogP contribution in [0.4, 0.5) is 0 Å². The molecule has 0 bridgehead atoms. The van der Waals surface area contributed by atoms with E-state index in [0.29, 0.717) is 19.6 Å². The zero-order valence-corrected chi connectivity index (χ0v) is 10.9. The summed E-state index contributed by atoms with van der Waals surface area (Å²) in [5.41, 5.74) is 5.56. The van der Waals surface area contributed by atoms with Crippen molar-refractivity contribution in [3.63, 3.8) is 0 Å². The minimum Gasteiger partial charge on any atom is -0.469 e. The molecule has 0 saturated carbocycles. The fourth-order valence-corrected chi connectivity index (χ4v) is 3.44. The minimum atomic E-state index is -3.35. The average Bonchev–Trinajstić information content (AvgIpc) is 2.36. The molecule has 1 aliphatic rings. The van der Waals surface area contributed by atoms with Crippen LogP contribution >= 0.6 is 0 Å². The molecule has 1 saturated heterocycles. The molecule has 0 aromatic heterocycles. The van der Waals surface area contributed by atoms with Gasteiger partial charge in [-0.25, -0.2) is 12.7 Å². The van der Waals surface area contributed by atoms with Crippen molar-refractivity contribution >= 4 is 16.0 Å². The van der Waals surface area contributed by atoms with Gasteiger partial charge in [-0.3, -0.25) is 4.79 Å². The van der Waals surface area contributed by atoms with Crippen LogP contribution in [0, 0.1) is 5.92 Å². The van der Waals surface area contributed by atoms with Crippen LogP contribution in [0.2, 0.25) is 0 Å². The Balaban J connectivity index is 2.54. The van der Waals surface area contributed by atoms with E-state index in [4.69, 9.17) is 5.73 Å². The number of hydrogen-bond donors (Lipinski definition) is 1. The number of methoxy groups -OCH3 is 1. The number of esters is 1. The molecule has 0 amide bonds. The lowest BCUT2D eigenvalue weighted by atomic mass is 10.0. The highest BCUT2D eigenvalue weighted by atomic mass is 32.2. The Bertz CT molecular complexity index is 355. The summed E-state index contributed by atoms with van der Waals surface area (Å²) in [5, 5.41) is 0. The zero-order chi connectivity index (χ0) is 12.9. The lowest BCUT2D eigenvalue weighted by Crippen LogP contribution is -2.43. The Labute approximate surface area is 102 Å². The lowest BCUT2D eigenvalue weighted by molar-refractivity contribution is -0.140. The van der Waals surface area contributed by atoms with E-state index in [1.807, 2.05) is 0 Å². The highest BCUT2D eigenvalue weighted by molar-refractivity contribution is 7.89. The fourth-order valence-electron chi connectivity index (χ4n) is 1.92. The highest BCUT2D eigenvalue weighted by Crippen LogP contribution is 2.18. The summed E-state index contributed by atoms with van der Waals surface area (Å²) in [4.78, 5) is 10.9. The predicted molar refractivity (Wildman–Crippen MR) is 63.8 cm³/mol. The van der Waals surface area contributed by atoms with Gasteiger partial charge in [0.2, 0.25) is 10.0 Å². The summed E-state index contributed by atoms with van der Waals surface area (Å²) >= 11 is 0. The van der Waals surface area contributed by atoms with Crippen molar-refractivity contribution in [3.8, 4) is 0 Å². The number of carbonyl (C=O) groups excluding carboxylic acids is 1. The van der Waals surface area contributed by atoms with E-state index >= 15 is 0 Å². The van der Waals surface area contributed by atoms with Gasteiger partial charge in [0.05, 0.1) is 19.3 Å². The third kappa shape index (κ3) is 4.25. The number of nitrogens with two attached hydrogens (primary N) is 1. The van der Waals surface area contributed by atoms with E-state index in [1.165, 1.54) is 11.4 Å². The van der Waals surface area contributed by atoms with Gasteiger partial charge in [0, 0.05) is 13.1 Å². The normalized spacial score (nSPS) is 22.4. The third-order valence-electron chi connectivity index (χ3n) is 3.00. The van der Waals surface area contributed by atoms with E-state index < -0.39 is 16.0 Å². The second-order valence-corrected chi connectivity index (χ2v) is 6.33. The van der Waals surface area contributed by atoms with Crippen molar-refractivity contribution < 1.29 is 17.9 Å². The highest BCUT2D eigenvalue weighted by Gasteiger charge is 2.28. The number of ether oxygens (including phenoxy) is 1. The van der Waals surface area contributed by atoms with Crippen LogP contribution in [0.15, 0.2) is 0 Å². The molecule has 0 aromatic carbocycles. The topological polar surface area (TPSA) is 89.7 Å². The Hall–Kier alpha value is -0.660. The fraction of sp³-hybridized carbons (Fsp3) is 0.900. The first-order valence-corrected chi connectivity index (χ1v) is 7.35. The van der Waals surface area contributed by atoms with Crippen LogP contribution in [0.1, 0.15) is 19.3 Å². The number of piperidine rings is 1. The van der Waals surface area contributed by atoms with Gasteiger partial charge in [0.1, 0.15) is 0 Å². The minimum absolute atomic E-state index is 0.0946. The number of hydrogen-bond acceptors (Lipinski definition) is 5. The van der Waals surface area contributed by atoms with Crippen LogP contribution in [-0.4, -0.2) is 51.2 Å². The summed E-state index contributed by atoms with van der Waals surface area (Å²) in [6, 6.07) is 0. The van der Waals surface area contributed by atoms with Crippen LogP contribution < -0.4 is 5.73 Å². The summed E-state index contributed by atoms with van der Waals surface area (Å²) in [7, 11) is -2.10. The maximum absolute atomic E-state index is 11.9. The average molecular weight is 264 g/mol. The molecule has 1 heterocycles. The Morgan fingerprint density at radius 1 is 1.53 bits per heavy atom.